The van der Waals surface area contributed by atoms with E-state index in [0.29, 0.717) is 4.90 Å². The SMILES string of the molecule is CCOC(=O)CCC(=O)N[C@H](CC[S@@](=O)c1ccccc1)C(N)=O. The highest BCUT2D eigenvalue weighted by atomic mass is 32.2. The number of ether oxygens (including phenoxy) is 1. The highest BCUT2D eigenvalue weighted by Crippen LogP contribution is 2.08. The highest BCUT2D eigenvalue weighted by Gasteiger charge is 2.20. The van der Waals surface area contributed by atoms with Gasteiger partial charge in [0, 0.05) is 17.1 Å². The van der Waals surface area contributed by atoms with Gasteiger partial charge >= 0.3 is 5.97 Å². The summed E-state index contributed by atoms with van der Waals surface area (Å²) in [5.41, 5.74) is 5.27. The van der Waals surface area contributed by atoms with Crippen LogP contribution in [-0.2, 0) is 29.9 Å². The third kappa shape index (κ3) is 7.36. The van der Waals surface area contributed by atoms with Crippen LogP contribution in [0.2, 0.25) is 0 Å². The smallest absolute Gasteiger partial charge is 0.306 e. The number of amides is 2. The summed E-state index contributed by atoms with van der Waals surface area (Å²) in [7, 11) is -1.28. The molecule has 1 aromatic rings. The van der Waals surface area contributed by atoms with Gasteiger partial charge in [-0.2, -0.15) is 0 Å². The molecule has 8 heteroatoms. The zero-order chi connectivity index (χ0) is 17.9. The molecule has 0 heterocycles. The minimum atomic E-state index is -1.28. The summed E-state index contributed by atoms with van der Waals surface area (Å²) in [5, 5.41) is 2.47. The molecule has 0 saturated heterocycles. The van der Waals surface area contributed by atoms with Crippen molar-refractivity contribution in [2.75, 3.05) is 12.4 Å². The second-order valence-corrected chi connectivity index (χ2v) is 6.55. The number of benzene rings is 1. The van der Waals surface area contributed by atoms with E-state index in [9.17, 15) is 18.6 Å². The molecule has 0 spiro atoms. The zero-order valence-electron chi connectivity index (χ0n) is 13.5. The van der Waals surface area contributed by atoms with E-state index < -0.39 is 34.6 Å². The van der Waals surface area contributed by atoms with Gasteiger partial charge in [0.15, 0.2) is 0 Å². The van der Waals surface area contributed by atoms with Gasteiger partial charge in [0.05, 0.1) is 23.8 Å². The molecule has 0 aliphatic rings. The molecule has 7 nitrogen and oxygen atoms in total. The van der Waals surface area contributed by atoms with Crippen molar-refractivity contribution < 1.29 is 23.3 Å². The number of hydrogen-bond donors (Lipinski definition) is 2. The predicted octanol–water partition coefficient (Wildman–Crippen LogP) is 0.498. The van der Waals surface area contributed by atoms with Crippen LogP contribution < -0.4 is 11.1 Å². The molecule has 1 aromatic carbocycles. The van der Waals surface area contributed by atoms with Gasteiger partial charge in [0.2, 0.25) is 11.8 Å². The Balaban J connectivity index is 2.46. The third-order valence-electron chi connectivity index (χ3n) is 3.14. The van der Waals surface area contributed by atoms with E-state index in [-0.39, 0.29) is 31.6 Å². The van der Waals surface area contributed by atoms with Gasteiger partial charge in [-0.1, -0.05) is 18.2 Å². The summed E-state index contributed by atoms with van der Waals surface area (Å²) >= 11 is 0. The molecule has 24 heavy (non-hydrogen) atoms. The molecule has 0 radical (unpaired) electrons. The number of hydrogen-bond acceptors (Lipinski definition) is 5. The maximum Gasteiger partial charge on any atom is 0.306 e. The Kier molecular flexibility index (Phi) is 8.70. The summed E-state index contributed by atoms with van der Waals surface area (Å²) in [6, 6.07) is 7.90. The lowest BCUT2D eigenvalue weighted by atomic mass is 10.2. The predicted molar refractivity (Wildman–Crippen MR) is 89.3 cm³/mol. The van der Waals surface area contributed by atoms with E-state index in [1.165, 1.54) is 0 Å². The van der Waals surface area contributed by atoms with Crippen molar-refractivity contribution in [1.29, 1.82) is 0 Å². The van der Waals surface area contributed by atoms with Crippen molar-refractivity contribution in [2.45, 2.75) is 37.1 Å². The Morgan fingerprint density at radius 2 is 1.88 bits per heavy atom. The second-order valence-electron chi connectivity index (χ2n) is 4.98. The number of carbonyl (C=O) groups is 3. The van der Waals surface area contributed by atoms with E-state index in [1.54, 1.807) is 31.2 Å². The number of rotatable bonds is 10. The maximum atomic E-state index is 12.1. The maximum absolute atomic E-state index is 12.1. The Bertz CT molecular complexity index is 591. The van der Waals surface area contributed by atoms with Crippen LogP contribution in [-0.4, -0.2) is 40.4 Å². The molecule has 2 atom stereocenters. The Labute approximate surface area is 143 Å². The Morgan fingerprint density at radius 1 is 1.21 bits per heavy atom. The van der Waals surface area contributed by atoms with Gasteiger partial charge in [-0.25, -0.2) is 0 Å². The van der Waals surface area contributed by atoms with Crippen LogP contribution in [0.4, 0.5) is 0 Å². The quantitative estimate of drug-likeness (QED) is 0.594. The van der Waals surface area contributed by atoms with E-state index >= 15 is 0 Å². The molecule has 0 saturated carbocycles. The highest BCUT2D eigenvalue weighted by molar-refractivity contribution is 7.85. The molecular weight excluding hydrogens is 332 g/mol. The Hall–Kier alpha value is -2.22. The fourth-order valence-electron chi connectivity index (χ4n) is 1.92. The fraction of sp³-hybridized carbons (Fsp3) is 0.438. The lowest BCUT2D eigenvalue weighted by molar-refractivity contribution is -0.144. The monoisotopic (exact) mass is 354 g/mol. The van der Waals surface area contributed by atoms with Gasteiger partial charge in [-0.15, -0.1) is 0 Å². The van der Waals surface area contributed by atoms with Gasteiger partial charge in [-0.3, -0.25) is 18.6 Å². The molecule has 0 aliphatic carbocycles. The van der Waals surface area contributed by atoms with E-state index in [2.05, 4.69) is 5.32 Å². The fourth-order valence-corrected chi connectivity index (χ4v) is 3.06. The molecule has 0 unspecified atom stereocenters. The van der Waals surface area contributed by atoms with Gasteiger partial charge in [0.25, 0.3) is 0 Å². The van der Waals surface area contributed by atoms with E-state index in [1.807, 2.05) is 6.07 Å². The average Bonchev–Trinajstić information content (AvgIpc) is 2.57. The minimum absolute atomic E-state index is 0.0684. The largest absolute Gasteiger partial charge is 0.466 e. The van der Waals surface area contributed by atoms with Gasteiger partial charge < -0.3 is 15.8 Å². The molecular formula is C16H22N2O5S. The average molecular weight is 354 g/mol. The topological polar surface area (TPSA) is 116 Å². The normalized spacial score (nSPS) is 12.9. The summed E-state index contributed by atoms with van der Waals surface area (Å²) in [6.45, 7) is 1.92. The van der Waals surface area contributed by atoms with Crippen LogP contribution in [0.25, 0.3) is 0 Å². The first-order valence-corrected chi connectivity index (χ1v) is 8.93. The van der Waals surface area contributed by atoms with E-state index in [0.717, 1.165) is 0 Å². The molecule has 3 N–H and O–H groups in total. The molecule has 0 aromatic heterocycles. The summed E-state index contributed by atoms with van der Waals surface area (Å²) in [5.74, 6) is -1.47. The summed E-state index contributed by atoms with van der Waals surface area (Å²) in [4.78, 5) is 35.1. The van der Waals surface area contributed by atoms with Crippen LogP contribution in [0.1, 0.15) is 26.2 Å². The summed E-state index contributed by atoms with van der Waals surface area (Å²) < 4.78 is 16.9. The van der Waals surface area contributed by atoms with Crippen LogP contribution in [0, 0.1) is 0 Å². The number of nitrogens with one attached hydrogen (secondary N) is 1. The molecule has 0 fully saturated rings. The van der Waals surface area contributed by atoms with Crippen LogP contribution in [0.15, 0.2) is 35.2 Å². The van der Waals surface area contributed by atoms with Gasteiger partial charge in [0.1, 0.15) is 6.04 Å². The lowest BCUT2D eigenvalue weighted by Crippen LogP contribution is -2.45. The van der Waals surface area contributed by atoms with Crippen LogP contribution in [0.5, 0.6) is 0 Å². The lowest BCUT2D eigenvalue weighted by Gasteiger charge is -2.15. The van der Waals surface area contributed by atoms with Crippen molar-refractivity contribution >= 4 is 28.6 Å². The first-order chi connectivity index (χ1) is 11.4. The Morgan fingerprint density at radius 3 is 2.46 bits per heavy atom. The number of primary amides is 1. The van der Waals surface area contributed by atoms with Gasteiger partial charge in [-0.05, 0) is 25.5 Å². The number of carbonyl (C=O) groups excluding carboxylic acids is 3. The molecule has 1 rings (SSSR count). The molecule has 132 valence electrons. The first-order valence-electron chi connectivity index (χ1n) is 7.61. The second kappa shape index (κ2) is 10.5. The van der Waals surface area contributed by atoms with Crippen molar-refractivity contribution in [1.82, 2.24) is 5.32 Å². The zero-order valence-corrected chi connectivity index (χ0v) is 14.3. The number of nitrogens with two attached hydrogens (primary N) is 1. The molecule has 0 aliphatic heterocycles. The van der Waals surface area contributed by atoms with Crippen LogP contribution >= 0.6 is 0 Å². The summed E-state index contributed by atoms with van der Waals surface area (Å²) in [6.07, 6.45) is -0.00647. The number of esters is 1. The standard InChI is InChI=1S/C16H22N2O5S/c1-2-23-15(20)9-8-14(19)18-13(16(17)21)10-11-24(22)12-6-4-3-5-7-12/h3-7,13H,2,8-11H2,1H3,(H2,17,21)(H,18,19)/t13-,24-/m1/s1. The van der Waals surface area contributed by atoms with Crippen molar-refractivity contribution in [2.24, 2.45) is 5.73 Å². The third-order valence-corrected chi connectivity index (χ3v) is 4.54. The molecule has 2 amide bonds. The van der Waals surface area contributed by atoms with Crippen molar-refractivity contribution in [3.8, 4) is 0 Å². The molecule has 0 bridgehead atoms. The first kappa shape index (κ1) is 19.8. The van der Waals surface area contributed by atoms with Crippen LogP contribution in [0.3, 0.4) is 0 Å². The van der Waals surface area contributed by atoms with Crippen molar-refractivity contribution in [3.05, 3.63) is 30.3 Å². The van der Waals surface area contributed by atoms with E-state index in [4.69, 9.17) is 10.5 Å². The van der Waals surface area contributed by atoms with Crippen molar-refractivity contribution in [3.63, 3.8) is 0 Å². The minimum Gasteiger partial charge on any atom is -0.466 e.